The van der Waals surface area contributed by atoms with Crippen molar-refractivity contribution >= 4 is 11.8 Å². The van der Waals surface area contributed by atoms with Gasteiger partial charge in [0.15, 0.2) is 0 Å². The molecule has 1 N–H and O–H groups in total. The van der Waals surface area contributed by atoms with Crippen molar-refractivity contribution in [1.82, 2.24) is 9.80 Å². The quantitative estimate of drug-likeness (QED) is 0.302. The van der Waals surface area contributed by atoms with E-state index >= 15 is 0 Å². The Labute approximate surface area is 226 Å². The van der Waals surface area contributed by atoms with Crippen molar-refractivity contribution in [2.75, 3.05) is 38.2 Å². The minimum atomic E-state index is -0.495. The van der Waals surface area contributed by atoms with Crippen LogP contribution < -0.4 is 14.8 Å². The van der Waals surface area contributed by atoms with Gasteiger partial charge in [-0.15, -0.1) is 0 Å². The van der Waals surface area contributed by atoms with Gasteiger partial charge < -0.3 is 29.3 Å². The van der Waals surface area contributed by atoms with E-state index in [0.717, 1.165) is 54.4 Å². The van der Waals surface area contributed by atoms with E-state index in [4.69, 9.17) is 14.2 Å². The zero-order valence-electron chi connectivity index (χ0n) is 22.7. The smallest absolute Gasteiger partial charge is 0.410 e. The molecule has 38 heavy (non-hydrogen) atoms. The Morgan fingerprint density at radius 1 is 1.11 bits per heavy atom. The second-order valence-corrected chi connectivity index (χ2v) is 10.5. The van der Waals surface area contributed by atoms with Gasteiger partial charge in [-0.25, -0.2) is 4.79 Å². The Hall–Kier alpha value is -3.87. The maximum atomic E-state index is 12.5. The van der Waals surface area contributed by atoms with Crippen molar-refractivity contribution in [1.29, 1.82) is 0 Å². The first-order chi connectivity index (χ1) is 18.3. The van der Waals surface area contributed by atoms with E-state index < -0.39 is 5.60 Å². The zero-order valence-corrected chi connectivity index (χ0v) is 22.7. The van der Waals surface area contributed by atoms with Crippen LogP contribution in [0.2, 0.25) is 0 Å². The van der Waals surface area contributed by atoms with Crippen LogP contribution >= 0.6 is 0 Å². The largest absolute Gasteiger partial charge is 0.493 e. The molecule has 2 aliphatic rings. The Morgan fingerprint density at radius 2 is 1.92 bits per heavy atom. The lowest BCUT2D eigenvalue weighted by Crippen LogP contribution is -2.40. The van der Waals surface area contributed by atoms with Crippen molar-refractivity contribution in [3.05, 3.63) is 90.3 Å². The molecule has 0 saturated heterocycles. The lowest BCUT2D eigenvalue weighted by atomic mass is 9.99. The first kappa shape index (κ1) is 27.2. The molecule has 4 rings (SSSR count). The van der Waals surface area contributed by atoms with Crippen molar-refractivity contribution < 1.29 is 19.0 Å². The first-order valence-electron chi connectivity index (χ1n) is 13.2. The number of fused-ring (bicyclic) bond motifs is 1. The second-order valence-electron chi connectivity index (χ2n) is 10.5. The maximum Gasteiger partial charge on any atom is 0.410 e. The van der Waals surface area contributed by atoms with Gasteiger partial charge in [0.05, 0.1) is 13.2 Å². The Balaban J connectivity index is 1.22. The number of benzene rings is 2. The summed E-state index contributed by atoms with van der Waals surface area (Å²) >= 11 is 0. The maximum absolute atomic E-state index is 12.5. The van der Waals surface area contributed by atoms with E-state index in [1.54, 1.807) is 11.0 Å². The van der Waals surface area contributed by atoms with E-state index in [0.29, 0.717) is 26.3 Å². The summed E-state index contributed by atoms with van der Waals surface area (Å²) in [5, 5.41) is 3.49. The van der Waals surface area contributed by atoms with Crippen LogP contribution in [0.15, 0.2) is 79.2 Å². The van der Waals surface area contributed by atoms with Crippen LogP contribution in [0.25, 0.3) is 0 Å². The third-order valence-electron chi connectivity index (χ3n) is 6.22. The number of nitrogens with one attached hydrogen (secondary N) is 1. The normalized spacial score (nSPS) is 14.9. The average molecular weight is 518 g/mol. The Bertz CT molecular complexity index is 1160. The first-order valence-corrected chi connectivity index (χ1v) is 13.2. The molecule has 7 heteroatoms. The van der Waals surface area contributed by atoms with Crippen LogP contribution in [-0.4, -0.2) is 54.3 Å². The summed E-state index contributed by atoms with van der Waals surface area (Å²) in [5.74, 6) is 1.75. The van der Waals surface area contributed by atoms with Crippen molar-refractivity contribution in [2.45, 2.75) is 45.8 Å². The summed E-state index contributed by atoms with van der Waals surface area (Å²) in [6, 6.07) is 14.0. The summed E-state index contributed by atoms with van der Waals surface area (Å²) in [4.78, 5) is 16.5. The molecule has 1 amide bonds. The predicted octanol–water partition coefficient (Wildman–Crippen LogP) is 6.14. The summed E-state index contributed by atoms with van der Waals surface area (Å²) in [6.45, 7) is 13.4. The molecule has 0 aliphatic carbocycles. The summed E-state index contributed by atoms with van der Waals surface area (Å²) in [6.07, 6.45) is 9.43. The van der Waals surface area contributed by atoms with Crippen molar-refractivity contribution in [3.8, 4) is 11.5 Å². The number of carbonyl (C=O) groups excluding carboxylic acids is 1. The molecule has 2 heterocycles. The van der Waals surface area contributed by atoms with E-state index in [2.05, 4.69) is 41.2 Å². The molecule has 2 aromatic carbocycles. The highest BCUT2D eigenvalue weighted by molar-refractivity contribution is 5.69. The highest BCUT2D eigenvalue weighted by Gasteiger charge is 2.27. The average Bonchev–Trinajstić information content (AvgIpc) is 2.90. The molecular weight excluding hydrogens is 478 g/mol. The monoisotopic (exact) mass is 517 g/mol. The molecule has 0 atom stereocenters. The van der Waals surface area contributed by atoms with E-state index in [1.165, 1.54) is 5.56 Å². The van der Waals surface area contributed by atoms with E-state index in [9.17, 15) is 4.79 Å². The van der Waals surface area contributed by atoms with Gasteiger partial charge in [0.1, 0.15) is 23.7 Å². The predicted molar refractivity (Wildman–Crippen MR) is 151 cm³/mol. The molecule has 202 valence electrons. The van der Waals surface area contributed by atoms with Crippen LogP contribution in [0, 0.1) is 0 Å². The minimum Gasteiger partial charge on any atom is -0.493 e. The highest BCUT2D eigenvalue weighted by atomic mass is 16.6. The fourth-order valence-electron chi connectivity index (χ4n) is 4.46. The fraction of sp³-hybridized carbons (Fsp3) is 0.387. The van der Waals surface area contributed by atoms with Crippen LogP contribution in [0.5, 0.6) is 11.5 Å². The molecule has 0 saturated carbocycles. The van der Waals surface area contributed by atoms with E-state index in [-0.39, 0.29) is 6.09 Å². The van der Waals surface area contributed by atoms with Crippen LogP contribution in [0.4, 0.5) is 10.5 Å². The molecular formula is C31H39N3O4. The topological polar surface area (TPSA) is 63.3 Å². The van der Waals surface area contributed by atoms with Gasteiger partial charge in [0.2, 0.25) is 0 Å². The van der Waals surface area contributed by atoms with Gasteiger partial charge in [-0.1, -0.05) is 24.8 Å². The minimum absolute atomic E-state index is 0.262. The number of anilines is 1. The number of allylic oxidation sites excluding steroid dienone is 2. The summed E-state index contributed by atoms with van der Waals surface area (Å²) in [7, 11) is 0. The second kappa shape index (κ2) is 12.6. The standard InChI is InChI=1S/C31H39N3O4/c1-5-20-36-27-14-12-25(13-15-27)32-26-10-7-17-33(23-26)18-8-21-37-29-11-6-9-24-22-34(19-16-28(24)29)30(35)38-31(2,3)4/h5-7,9-15,17,32H,1,8,16,18-23H2,2-4H3. The molecule has 7 nitrogen and oxygen atoms in total. The number of hydrogen-bond acceptors (Lipinski definition) is 6. The van der Waals surface area contributed by atoms with Gasteiger partial charge in [-0.2, -0.15) is 0 Å². The molecule has 2 aliphatic heterocycles. The zero-order chi connectivity index (χ0) is 27.0. The molecule has 0 aromatic heterocycles. The van der Waals surface area contributed by atoms with Crippen LogP contribution in [0.3, 0.4) is 0 Å². The van der Waals surface area contributed by atoms with Gasteiger partial charge in [0.25, 0.3) is 0 Å². The third kappa shape index (κ3) is 7.81. The number of carbonyl (C=O) groups is 1. The number of rotatable bonds is 10. The van der Waals surface area contributed by atoms with Gasteiger partial charge in [0, 0.05) is 36.6 Å². The molecule has 0 bridgehead atoms. The van der Waals surface area contributed by atoms with Gasteiger partial charge in [-0.05, 0) is 87.9 Å². The SMILES string of the molecule is C=CCOc1ccc(NC2=CC=CN(CCCOc3cccc4c3CCN(C(=O)OC(C)(C)C)C4)C2)cc1. The van der Waals surface area contributed by atoms with Gasteiger partial charge >= 0.3 is 6.09 Å². The Morgan fingerprint density at radius 3 is 2.68 bits per heavy atom. The molecule has 2 aromatic rings. The number of nitrogens with zero attached hydrogens (tertiary/aromatic N) is 2. The highest BCUT2D eigenvalue weighted by Crippen LogP contribution is 2.29. The molecule has 0 unspecified atom stereocenters. The molecule has 0 spiro atoms. The van der Waals surface area contributed by atoms with Crippen molar-refractivity contribution in [3.63, 3.8) is 0 Å². The molecule has 0 fully saturated rings. The van der Waals surface area contributed by atoms with Gasteiger partial charge in [-0.3, -0.25) is 0 Å². The lowest BCUT2D eigenvalue weighted by molar-refractivity contribution is 0.0223. The molecule has 0 radical (unpaired) electrons. The summed E-state index contributed by atoms with van der Waals surface area (Å²) in [5.41, 5.74) is 3.99. The lowest BCUT2D eigenvalue weighted by Gasteiger charge is -2.32. The number of ether oxygens (including phenoxy) is 3. The van der Waals surface area contributed by atoms with E-state index in [1.807, 2.05) is 57.2 Å². The third-order valence-corrected chi connectivity index (χ3v) is 6.22. The fourth-order valence-corrected chi connectivity index (χ4v) is 4.46. The number of hydrogen-bond donors (Lipinski definition) is 1. The van der Waals surface area contributed by atoms with Crippen LogP contribution in [0.1, 0.15) is 38.3 Å². The van der Waals surface area contributed by atoms with Crippen molar-refractivity contribution in [2.24, 2.45) is 0 Å². The Kier molecular flexibility index (Phi) is 9.00. The number of amides is 1. The summed E-state index contributed by atoms with van der Waals surface area (Å²) < 4.78 is 17.3. The van der Waals surface area contributed by atoms with Crippen LogP contribution in [-0.2, 0) is 17.7 Å².